The summed E-state index contributed by atoms with van der Waals surface area (Å²) in [6, 6.07) is 56.7. The molecular formula is C39H33FO. The summed E-state index contributed by atoms with van der Waals surface area (Å²) in [4.78, 5) is 9.99. The number of benzene rings is 6. The Balaban J connectivity index is 0.000000150. The fraction of sp³-hybridized carbons (Fsp3) is 0.0513. The molecule has 0 radical (unpaired) electrons. The lowest BCUT2D eigenvalue weighted by Crippen LogP contribution is -1.89. The third kappa shape index (κ3) is 9.56. The van der Waals surface area contributed by atoms with E-state index in [0.717, 1.165) is 12.8 Å². The van der Waals surface area contributed by atoms with E-state index in [1.54, 1.807) is 12.1 Å². The molecule has 202 valence electrons. The summed E-state index contributed by atoms with van der Waals surface area (Å²) in [6.07, 6.45) is 2.76. The van der Waals surface area contributed by atoms with Crippen molar-refractivity contribution < 1.29 is 9.18 Å². The van der Waals surface area contributed by atoms with Gasteiger partial charge in [0, 0.05) is 0 Å². The van der Waals surface area contributed by atoms with E-state index in [2.05, 4.69) is 133 Å². The summed E-state index contributed by atoms with van der Waals surface area (Å²) in [5, 5.41) is 0. The van der Waals surface area contributed by atoms with E-state index in [1.165, 1.54) is 45.5 Å². The second kappa shape index (κ2) is 16.1. The Hall–Kier alpha value is -5.08. The smallest absolute Gasteiger partial charge is 0.152 e. The van der Waals surface area contributed by atoms with Crippen molar-refractivity contribution >= 4 is 6.29 Å². The van der Waals surface area contributed by atoms with Gasteiger partial charge in [0.1, 0.15) is 5.82 Å². The van der Waals surface area contributed by atoms with Crippen molar-refractivity contribution in [3.63, 3.8) is 0 Å². The zero-order chi connectivity index (χ0) is 28.5. The van der Waals surface area contributed by atoms with E-state index in [4.69, 9.17) is 0 Å². The molecule has 41 heavy (non-hydrogen) atoms. The Bertz CT molecular complexity index is 1470. The topological polar surface area (TPSA) is 17.1 Å². The molecule has 0 spiro atoms. The summed E-state index contributed by atoms with van der Waals surface area (Å²) in [7, 11) is 0. The Morgan fingerprint density at radius 3 is 1.05 bits per heavy atom. The van der Waals surface area contributed by atoms with Gasteiger partial charge in [-0.25, -0.2) is 4.39 Å². The maximum atomic E-state index is 12.4. The summed E-state index contributed by atoms with van der Waals surface area (Å²) in [6.45, 7) is 0. The standard InChI is InChI=1S/C18H14.C14H14.C7H5FO/c1-3-7-15(8-4-1)17-11-13-18(14-12-17)16-9-5-2-6-10-16;1-3-7-13(8-4-1)11-12-14-9-5-2-6-10-14;8-7-4-2-1-3-6(7)5-9/h1-14H;1-10H,11-12H2;1-5H. The first kappa shape index (κ1) is 28.9. The van der Waals surface area contributed by atoms with Crippen LogP contribution in [0.25, 0.3) is 22.3 Å². The molecule has 0 atom stereocenters. The van der Waals surface area contributed by atoms with Gasteiger partial charge in [-0.1, -0.05) is 158 Å². The van der Waals surface area contributed by atoms with Crippen LogP contribution in [0, 0.1) is 5.82 Å². The van der Waals surface area contributed by atoms with Gasteiger partial charge in [-0.2, -0.15) is 0 Å². The molecule has 6 rings (SSSR count). The van der Waals surface area contributed by atoms with E-state index < -0.39 is 5.82 Å². The molecule has 0 saturated heterocycles. The summed E-state index contributed by atoms with van der Waals surface area (Å²) < 4.78 is 12.4. The number of rotatable bonds is 6. The molecular weight excluding hydrogens is 503 g/mol. The molecule has 0 unspecified atom stereocenters. The van der Waals surface area contributed by atoms with Crippen LogP contribution in [0.1, 0.15) is 21.5 Å². The van der Waals surface area contributed by atoms with Crippen molar-refractivity contribution in [3.05, 3.63) is 192 Å². The Labute approximate surface area is 242 Å². The van der Waals surface area contributed by atoms with Crippen LogP contribution >= 0.6 is 0 Å². The largest absolute Gasteiger partial charge is 0.298 e. The second-order valence-corrected chi connectivity index (χ2v) is 9.42. The van der Waals surface area contributed by atoms with Crippen LogP contribution in [0.5, 0.6) is 0 Å². The molecule has 0 aromatic heterocycles. The highest BCUT2D eigenvalue weighted by Gasteiger charge is 1.99. The Morgan fingerprint density at radius 1 is 0.390 bits per heavy atom. The van der Waals surface area contributed by atoms with Crippen LogP contribution in [0.4, 0.5) is 4.39 Å². The fourth-order valence-corrected chi connectivity index (χ4v) is 4.27. The maximum Gasteiger partial charge on any atom is 0.152 e. The number of hydrogen-bond acceptors (Lipinski definition) is 1. The molecule has 0 amide bonds. The van der Waals surface area contributed by atoms with Gasteiger partial charge in [-0.15, -0.1) is 0 Å². The highest BCUT2D eigenvalue weighted by Crippen LogP contribution is 2.24. The number of hydrogen-bond donors (Lipinski definition) is 0. The van der Waals surface area contributed by atoms with E-state index in [9.17, 15) is 9.18 Å². The molecule has 6 aromatic rings. The third-order valence-electron chi connectivity index (χ3n) is 6.52. The molecule has 0 bridgehead atoms. The lowest BCUT2D eigenvalue weighted by Gasteiger charge is -2.04. The van der Waals surface area contributed by atoms with Gasteiger partial charge in [0.2, 0.25) is 0 Å². The number of halogens is 1. The number of carbonyl (C=O) groups excluding carboxylic acids is 1. The average molecular weight is 537 g/mol. The van der Waals surface area contributed by atoms with E-state index in [0.29, 0.717) is 6.29 Å². The van der Waals surface area contributed by atoms with Crippen molar-refractivity contribution in [2.75, 3.05) is 0 Å². The third-order valence-corrected chi connectivity index (χ3v) is 6.52. The minimum Gasteiger partial charge on any atom is -0.298 e. The molecule has 6 aromatic carbocycles. The average Bonchev–Trinajstić information content (AvgIpc) is 3.06. The van der Waals surface area contributed by atoms with Gasteiger partial charge in [0.05, 0.1) is 5.56 Å². The molecule has 0 aliphatic carbocycles. The van der Waals surface area contributed by atoms with E-state index >= 15 is 0 Å². The van der Waals surface area contributed by atoms with Gasteiger partial charge in [-0.05, 0) is 58.4 Å². The molecule has 1 nitrogen and oxygen atoms in total. The number of aryl methyl sites for hydroxylation is 2. The Kier molecular flexibility index (Phi) is 11.4. The SMILES string of the molecule is O=Cc1ccccc1F.c1ccc(-c2ccc(-c3ccccc3)cc2)cc1.c1ccc(CCc2ccccc2)cc1. The van der Waals surface area contributed by atoms with Crippen molar-refractivity contribution in [1.82, 2.24) is 0 Å². The predicted octanol–water partition coefficient (Wildman–Crippen LogP) is 10.1. The second-order valence-electron chi connectivity index (χ2n) is 9.42. The van der Waals surface area contributed by atoms with E-state index in [1.807, 2.05) is 12.1 Å². The molecule has 0 fully saturated rings. The zero-order valence-corrected chi connectivity index (χ0v) is 22.9. The number of carbonyl (C=O) groups is 1. The highest BCUT2D eigenvalue weighted by atomic mass is 19.1. The van der Waals surface area contributed by atoms with Crippen LogP contribution in [-0.4, -0.2) is 6.29 Å². The summed E-state index contributed by atoms with van der Waals surface area (Å²) >= 11 is 0. The van der Waals surface area contributed by atoms with Gasteiger partial charge in [0.25, 0.3) is 0 Å². The van der Waals surface area contributed by atoms with Crippen LogP contribution < -0.4 is 0 Å². The lowest BCUT2D eigenvalue weighted by molar-refractivity contribution is 0.112. The number of aldehydes is 1. The fourth-order valence-electron chi connectivity index (χ4n) is 4.27. The first-order valence-corrected chi connectivity index (χ1v) is 13.7. The van der Waals surface area contributed by atoms with Gasteiger partial charge in [0.15, 0.2) is 6.29 Å². The predicted molar refractivity (Wildman–Crippen MR) is 169 cm³/mol. The molecule has 0 saturated carbocycles. The van der Waals surface area contributed by atoms with Crippen LogP contribution in [0.3, 0.4) is 0 Å². The zero-order valence-electron chi connectivity index (χ0n) is 22.9. The molecule has 0 aliphatic rings. The molecule has 0 heterocycles. The van der Waals surface area contributed by atoms with E-state index in [-0.39, 0.29) is 5.56 Å². The lowest BCUT2D eigenvalue weighted by atomic mass is 10.0. The molecule has 0 aliphatic heterocycles. The van der Waals surface area contributed by atoms with Crippen molar-refractivity contribution in [2.45, 2.75) is 12.8 Å². The first-order valence-electron chi connectivity index (χ1n) is 13.7. The van der Waals surface area contributed by atoms with Crippen molar-refractivity contribution in [1.29, 1.82) is 0 Å². The van der Waals surface area contributed by atoms with Crippen LogP contribution in [0.15, 0.2) is 170 Å². The molecule has 0 N–H and O–H groups in total. The summed E-state index contributed by atoms with van der Waals surface area (Å²) in [5.74, 6) is -0.465. The summed E-state index contributed by atoms with van der Waals surface area (Å²) in [5.41, 5.74) is 7.98. The highest BCUT2D eigenvalue weighted by molar-refractivity contribution is 5.74. The minimum absolute atomic E-state index is 0.109. The maximum absolute atomic E-state index is 12.4. The van der Waals surface area contributed by atoms with Crippen molar-refractivity contribution in [2.24, 2.45) is 0 Å². The Morgan fingerprint density at radius 2 is 0.707 bits per heavy atom. The first-order chi connectivity index (χ1) is 20.2. The molecule has 2 heteroatoms. The van der Waals surface area contributed by atoms with Crippen LogP contribution in [0.2, 0.25) is 0 Å². The van der Waals surface area contributed by atoms with Crippen molar-refractivity contribution in [3.8, 4) is 22.3 Å². The van der Waals surface area contributed by atoms with Gasteiger partial charge < -0.3 is 0 Å². The van der Waals surface area contributed by atoms with Crippen LogP contribution in [-0.2, 0) is 12.8 Å². The normalized spacial score (nSPS) is 9.88. The quantitative estimate of drug-likeness (QED) is 0.194. The minimum atomic E-state index is -0.465. The van der Waals surface area contributed by atoms with Gasteiger partial charge in [-0.3, -0.25) is 4.79 Å². The van der Waals surface area contributed by atoms with Gasteiger partial charge >= 0.3 is 0 Å². The monoisotopic (exact) mass is 536 g/mol.